The van der Waals surface area contributed by atoms with Crippen LogP contribution in [0.4, 0.5) is 5.82 Å². The van der Waals surface area contributed by atoms with Crippen molar-refractivity contribution >= 4 is 43.8 Å². The molecule has 1 aliphatic carbocycles. The van der Waals surface area contributed by atoms with Crippen LogP contribution in [0.2, 0.25) is 0 Å². The molecule has 8 heteroatoms. The van der Waals surface area contributed by atoms with Gasteiger partial charge in [0, 0.05) is 21.7 Å². The van der Waals surface area contributed by atoms with E-state index in [0.717, 1.165) is 51.5 Å². The lowest BCUT2D eigenvalue weighted by molar-refractivity contribution is 0.699. The molecule has 7 nitrogen and oxygen atoms in total. The summed E-state index contributed by atoms with van der Waals surface area (Å²) in [6.45, 7) is 1.88. The average molecular weight is 402 g/mol. The Kier molecular flexibility index (Phi) is 3.37. The zero-order chi connectivity index (χ0) is 19.7. The largest absolute Gasteiger partial charge is 0.384 e. The highest BCUT2D eigenvalue weighted by Gasteiger charge is 2.22. The number of hydrogen-bond acceptors (Lipinski definition) is 6. The van der Waals surface area contributed by atoms with Gasteiger partial charge in [-0.3, -0.25) is 4.79 Å². The van der Waals surface area contributed by atoms with Crippen LogP contribution in [0.15, 0.2) is 35.1 Å². The van der Waals surface area contributed by atoms with Crippen LogP contribution in [-0.2, 0) is 12.8 Å². The SMILES string of the molecule is Cc1cc(N)n(-c2nn3c(=O)c4c5c(sc4nc3c3ccccc23)CCCC5)n1. The van der Waals surface area contributed by atoms with Gasteiger partial charge in [-0.15, -0.1) is 16.4 Å². The van der Waals surface area contributed by atoms with Gasteiger partial charge in [-0.2, -0.15) is 14.3 Å². The summed E-state index contributed by atoms with van der Waals surface area (Å²) >= 11 is 1.65. The van der Waals surface area contributed by atoms with Crippen LogP contribution in [0.5, 0.6) is 0 Å². The molecule has 0 bridgehead atoms. The minimum atomic E-state index is -0.112. The predicted molar refractivity (Wildman–Crippen MR) is 115 cm³/mol. The van der Waals surface area contributed by atoms with Gasteiger partial charge >= 0.3 is 0 Å². The molecule has 1 aliphatic rings. The maximum absolute atomic E-state index is 13.5. The Bertz CT molecular complexity index is 1510. The molecular formula is C21H18N6OS. The molecule has 1 aromatic carbocycles. The number of hydrogen-bond donors (Lipinski definition) is 1. The molecule has 29 heavy (non-hydrogen) atoms. The third-order valence-corrected chi connectivity index (χ3v) is 6.82. The molecule has 0 atom stereocenters. The van der Waals surface area contributed by atoms with Crippen molar-refractivity contribution in [1.29, 1.82) is 0 Å². The summed E-state index contributed by atoms with van der Waals surface area (Å²) in [7, 11) is 0. The smallest absolute Gasteiger partial charge is 0.283 e. The van der Waals surface area contributed by atoms with Gasteiger partial charge in [0.05, 0.1) is 11.1 Å². The lowest BCUT2D eigenvalue weighted by atomic mass is 9.97. The van der Waals surface area contributed by atoms with E-state index in [-0.39, 0.29) is 5.56 Å². The maximum atomic E-state index is 13.5. The van der Waals surface area contributed by atoms with E-state index in [9.17, 15) is 4.79 Å². The first-order valence-electron chi connectivity index (χ1n) is 9.70. The van der Waals surface area contributed by atoms with Crippen LogP contribution in [-0.4, -0.2) is 24.4 Å². The van der Waals surface area contributed by atoms with E-state index >= 15 is 0 Å². The number of thiophene rings is 1. The monoisotopic (exact) mass is 402 g/mol. The minimum absolute atomic E-state index is 0.112. The van der Waals surface area contributed by atoms with E-state index in [1.54, 1.807) is 22.1 Å². The third-order valence-electron chi connectivity index (χ3n) is 5.63. The Morgan fingerprint density at radius 1 is 1.10 bits per heavy atom. The molecular weight excluding hydrogens is 384 g/mol. The molecule has 0 spiro atoms. The summed E-state index contributed by atoms with van der Waals surface area (Å²) in [5.41, 5.74) is 8.58. The Labute approximate surface area is 169 Å². The van der Waals surface area contributed by atoms with Crippen LogP contribution in [0.1, 0.15) is 29.0 Å². The summed E-state index contributed by atoms with van der Waals surface area (Å²) in [5.74, 6) is 1.01. The van der Waals surface area contributed by atoms with E-state index in [0.29, 0.717) is 17.3 Å². The van der Waals surface area contributed by atoms with Crippen LogP contribution < -0.4 is 11.3 Å². The zero-order valence-corrected chi connectivity index (χ0v) is 16.7. The van der Waals surface area contributed by atoms with Crippen LogP contribution >= 0.6 is 11.3 Å². The number of nitrogen functional groups attached to an aromatic ring is 1. The molecule has 6 rings (SSSR count). The zero-order valence-electron chi connectivity index (χ0n) is 15.8. The fourth-order valence-corrected chi connectivity index (χ4v) is 5.58. The molecule has 4 aromatic heterocycles. The molecule has 0 fully saturated rings. The number of nitrogens with two attached hydrogens (primary N) is 1. The van der Waals surface area contributed by atoms with Gasteiger partial charge in [0.25, 0.3) is 5.56 Å². The van der Waals surface area contributed by atoms with Gasteiger partial charge < -0.3 is 5.73 Å². The number of aromatic nitrogens is 5. The minimum Gasteiger partial charge on any atom is -0.384 e. The number of nitrogens with zero attached hydrogens (tertiary/aromatic N) is 5. The number of rotatable bonds is 1. The second-order valence-corrected chi connectivity index (χ2v) is 8.62. The molecule has 5 aromatic rings. The van der Waals surface area contributed by atoms with Crippen molar-refractivity contribution in [2.45, 2.75) is 32.6 Å². The van der Waals surface area contributed by atoms with E-state index < -0.39 is 0 Å². The highest BCUT2D eigenvalue weighted by molar-refractivity contribution is 7.18. The molecule has 0 saturated heterocycles. The summed E-state index contributed by atoms with van der Waals surface area (Å²) in [5, 5.41) is 11.6. The van der Waals surface area contributed by atoms with Crippen LogP contribution in [0, 0.1) is 6.92 Å². The van der Waals surface area contributed by atoms with Crippen molar-refractivity contribution in [3.05, 3.63) is 56.8 Å². The highest BCUT2D eigenvalue weighted by atomic mass is 32.1. The molecule has 4 heterocycles. The number of aryl methyl sites for hydroxylation is 3. The van der Waals surface area contributed by atoms with Crippen molar-refractivity contribution < 1.29 is 0 Å². The van der Waals surface area contributed by atoms with E-state index in [4.69, 9.17) is 15.8 Å². The first kappa shape index (κ1) is 16.7. The molecule has 0 unspecified atom stereocenters. The number of benzene rings is 1. The molecule has 0 saturated carbocycles. The van der Waals surface area contributed by atoms with Crippen molar-refractivity contribution in [2.75, 3.05) is 5.73 Å². The summed E-state index contributed by atoms with van der Waals surface area (Å²) in [4.78, 5) is 20.5. The van der Waals surface area contributed by atoms with E-state index in [1.165, 1.54) is 15.8 Å². The van der Waals surface area contributed by atoms with Crippen molar-refractivity contribution in [1.82, 2.24) is 24.4 Å². The van der Waals surface area contributed by atoms with Crippen LogP contribution in [0.25, 0.3) is 32.5 Å². The summed E-state index contributed by atoms with van der Waals surface area (Å²) in [6.07, 6.45) is 4.24. The molecule has 0 aliphatic heterocycles. The lowest BCUT2D eigenvalue weighted by Gasteiger charge is -2.12. The van der Waals surface area contributed by atoms with Gasteiger partial charge in [0.2, 0.25) is 0 Å². The Morgan fingerprint density at radius 3 is 2.69 bits per heavy atom. The molecule has 0 radical (unpaired) electrons. The Morgan fingerprint density at radius 2 is 1.90 bits per heavy atom. The van der Waals surface area contributed by atoms with Gasteiger partial charge in [-0.25, -0.2) is 4.98 Å². The van der Waals surface area contributed by atoms with Gasteiger partial charge in [-0.05, 0) is 38.2 Å². The molecule has 2 N–H and O–H groups in total. The van der Waals surface area contributed by atoms with Crippen molar-refractivity contribution in [3.63, 3.8) is 0 Å². The fourth-order valence-electron chi connectivity index (χ4n) is 4.33. The van der Waals surface area contributed by atoms with E-state index in [1.807, 2.05) is 31.2 Å². The highest BCUT2D eigenvalue weighted by Crippen LogP contribution is 2.34. The second kappa shape index (κ2) is 5.87. The Hall–Kier alpha value is -3.26. The fraction of sp³-hybridized carbons (Fsp3) is 0.238. The average Bonchev–Trinajstić information content (AvgIpc) is 3.26. The number of fused-ring (bicyclic) bond motifs is 6. The molecule has 0 amide bonds. The van der Waals surface area contributed by atoms with Gasteiger partial charge in [-0.1, -0.05) is 24.3 Å². The van der Waals surface area contributed by atoms with Gasteiger partial charge in [0.1, 0.15) is 10.6 Å². The normalized spacial score (nSPS) is 14.1. The van der Waals surface area contributed by atoms with E-state index in [2.05, 4.69) is 5.10 Å². The van der Waals surface area contributed by atoms with Crippen molar-refractivity contribution in [2.24, 2.45) is 0 Å². The first-order chi connectivity index (χ1) is 14.1. The summed E-state index contributed by atoms with van der Waals surface area (Å²) < 4.78 is 3.02. The predicted octanol–water partition coefficient (Wildman–Crippen LogP) is 3.41. The first-order valence-corrected chi connectivity index (χ1v) is 10.5. The second-order valence-electron chi connectivity index (χ2n) is 7.53. The summed E-state index contributed by atoms with van der Waals surface area (Å²) in [6, 6.07) is 9.61. The third kappa shape index (κ3) is 2.29. The van der Waals surface area contributed by atoms with Crippen LogP contribution in [0.3, 0.4) is 0 Å². The maximum Gasteiger partial charge on any atom is 0.283 e. The Balaban J connectivity index is 1.80. The molecule has 144 valence electrons. The standard InChI is InChI=1S/C21H18N6OS/c1-11-10-16(22)26(24-11)19-13-7-3-2-6-12(13)18-23-20-17(21(28)27(18)25-19)14-8-4-5-9-15(14)29-20/h2-3,6-7,10H,4-5,8-9,22H2,1H3. The topological polar surface area (TPSA) is 91.1 Å². The van der Waals surface area contributed by atoms with Gasteiger partial charge in [0.15, 0.2) is 11.5 Å². The quantitative estimate of drug-likeness (QED) is 0.434. The lowest BCUT2D eigenvalue weighted by Crippen LogP contribution is -2.21. The number of anilines is 1. The van der Waals surface area contributed by atoms with Crippen molar-refractivity contribution in [3.8, 4) is 5.82 Å².